The zero-order chi connectivity index (χ0) is 15.0. The van der Waals surface area contributed by atoms with Crippen LogP contribution in [-0.2, 0) is 4.79 Å². The number of nitrogens with two attached hydrogens (primary N) is 1. The summed E-state index contributed by atoms with van der Waals surface area (Å²) in [6.45, 7) is 2.41. The van der Waals surface area contributed by atoms with Gasteiger partial charge in [-0.2, -0.15) is 0 Å². The van der Waals surface area contributed by atoms with E-state index >= 15 is 0 Å². The van der Waals surface area contributed by atoms with Crippen LogP contribution in [0, 0.1) is 11.8 Å². The third-order valence-corrected chi connectivity index (χ3v) is 5.58. The fraction of sp³-hybridized carbons (Fsp3) is 0.562. The normalized spacial score (nSPS) is 26.0. The molecule has 2 N–H and O–H groups in total. The van der Waals surface area contributed by atoms with Gasteiger partial charge in [0.2, 0.25) is 5.91 Å². The molecule has 1 amide bonds. The van der Waals surface area contributed by atoms with Crippen LogP contribution >= 0.6 is 23.2 Å². The number of likely N-dealkylation sites (tertiary alicyclic amines) is 1. The van der Waals surface area contributed by atoms with E-state index in [1.807, 2.05) is 17.0 Å². The highest BCUT2D eigenvalue weighted by Gasteiger charge is 2.47. The number of hydrogen-bond donors (Lipinski definition) is 1. The van der Waals surface area contributed by atoms with Crippen LogP contribution in [0.25, 0.3) is 0 Å². The number of amides is 1. The van der Waals surface area contributed by atoms with Gasteiger partial charge in [0, 0.05) is 19.0 Å². The Hall–Kier alpha value is -0.770. The largest absolute Gasteiger partial charge is 0.342 e. The second-order valence-electron chi connectivity index (χ2n) is 6.10. The van der Waals surface area contributed by atoms with E-state index in [4.69, 9.17) is 28.9 Å². The van der Waals surface area contributed by atoms with Crippen LogP contribution in [0.1, 0.15) is 30.7 Å². The summed E-state index contributed by atoms with van der Waals surface area (Å²) in [6, 6.07) is 5.66. The molecule has 0 unspecified atom stereocenters. The van der Waals surface area contributed by atoms with Crippen LogP contribution in [0.2, 0.25) is 10.0 Å². The van der Waals surface area contributed by atoms with E-state index < -0.39 is 0 Å². The van der Waals surface area contributed by atoms with Gasteiger partial charge >= 0.3 is 0 Å². The molecule has 2 atom stereocenters. The predicted octanol–water partition coefficient (Wildman–Crippen LogP) is 3.29. The first kappa shape index (κ1) is 15.1. The van der Waals surface area contributed by atoms with E-state index in [9.17, 15) is 4.79 Å². The van der Waals surface area contributed by atoms with Crippen molar-refractivity contribution in [2.45, 2.75) is 25.2 Å². The Balaban J connectivity index is 1.63. The summed E-state index contributed by atoms with van der Waals surface area (Å²) in [5.74, 6) is 1.16. The molecule has 0 aromatic heterocycles. The molecule has 1 heterocycles. The van der Waals surface area contributed by atoms with Crippen molar-refractivity contribution in [3.8, 4) is 0 Å². The van der Waals surface area contributed by atoms with Crippen LogP contribution < -0.4 is 5.73 Å². The van der Waals surface area contributed by atoms with Gasteiger partial charge < -0.3 is 10.6 Å². The van der Waals surface area contributed by atoms with Crippen molar-refractivity contribution in [3.05, 3.63) is 33.8 Å². The second kappa shape index (κ2) is 6.15. The number of piperidine rings is 1. The van der Waals surface area contributed by atoms with Crippen molar-refractivity contribution in [2.24, 2.45) is 17.6 Å². The molecule has 1 aromatic rings. The monoisotopic (exact) mass is 326 g/mol. The van der Waals surface area contributed by atoms with Gasteiger partial charge in [-0.25, -0.2) is 0 Å². The first-order valence-corrected chi connectivity index (χ1v) is 8.30. The third kappa shape index (κ3) is 3.05. The number of carbonyl (C=O) groups excluding carboxylic acids is 1. The van der Waals surface area contributed by atoms with Crippen molar-refractivity contribution in [2.75, 3.05) is 19.6 Å². The summed E-state index contributed by atoms with van der Waals surface area (Å²) >= 11 is 12.3. The Morgan fingerprint density at radius 3 is 2.67 bits per heavy atom. The molecule has 1 saturated heterocycles. The van der Waals surface area contributed by atoms with Crippen molar-refractivity contribution in [3.63, 3.8) is 0 Å². The van der Waals surface area contributed by atoms with Gasteiger partial charge in [-0.1, -0.05) is 35.3 Å². The van der Waals surface area contributed by atoms with Crippen LogP contribution in [0.5, 0.6) is 0 Å². The molecule has 2 aliphatic rings. The molecule has 0 radical (unpaired) electrons. The Bertz CT molecular complexity index is 541. The number of benzene rings is 1. The molecule has 114 valence electrons. The molecule has 2 fully saturated rings. The Kier molecular flexibility index (Phi) is 4.43. The minimum Gasteiger partial charge on any atom is -0.342 e. The quantitative estimate of drug-likeness (QED) is 0.926. The number of halogens is 2. The minimum absolute atomic E-state index is 0.0791. The van der Waals surface area contributed by atoms with Gasteiger partial charge in [0.1, 0.15) is 0 Å². The lowest BCUT2D eigenvalue weighted by atomic mass is 9.96. The third-order valence-electron chi connectivity index (χ3n) is 4.75. The standard InChI is InChI=1S/C16H20Cl2N2O/c17-14-3-1-2-11(15(14)18)12-8-13(12)16(21)20-6-4-10(9-19)5-7-20/h1-3,10,12-13H,4-9,19H2/t12-,13-/m0/s1. The van der Waals surface area contributed by atoms with E-state index in [0.717, 1.165) is 44.5 Å². The lowest BCUT2D eigenvalue weighted by Gasteiger charge is -2.31. The maximum atomic E-state index is 12.6. The maximum Gasteiger partial charge on any atom is 0.226 e. The maximum absolute atomic E-state index is 12.6. The second-order valence-corrected chi connectivity index (χ2v) is 6.88. The lowest BCUT2D eigenvalue weighted by molar-refractivity contribution is -0.134. The van der Waals surface area contributed by atoms with Crippen molar-refractivity contribution < 1.29 is 4.79 Å². The zero-order valence-electron chi connectivity index (χ0n) is 11.9. The van der Waals surface area contributed by atoms with Gasteiger partial charge in [0.05, 0.1) is 10.0 Å². The molecule has 3 rings (SSSR count). The van der Waals surface area contributed by atoms with Crippen LogP contribution in [-0.4, -0.2) is 30.4 Å². The average molecular weight is 327 g/mol. The fourth-order valence-corrected chi connectivity index (χ4v) is 3.69. The summed E-state index contributed by atoms with van der Waals surface area (Å²) in [5.41, 5.74) is 6.71. The van der Waals surface area contributed by atoms with Crippen LogP contribution in [0.3, 0.4) is 0 Å². The van der Waals surface area contributed by atoms with E-state index in [-0.39, 0.29) is 17.7 Å². The predicted molar refractivity (Wildman–Crippen MR) is 85.7 cm³/mol. The molecule has 0 bridgehead atoms. The highest BCUT2D eigenvalue weighted by molar-refractivity contribution is 6.42. The van der Waals surface area contributed by atoms with E-state index in [1.165, 1.54) is 0 Å². The van der Waals surface area contributed by atoms with Gasteiger partial charge in [-0.15, -0.1) is 0 Å². The molecular weight excluding hydrogens is 307 g/mol. The molecule has 3 nitrogen and oxygen atoms in total. The summed E-state index contributed by atoms with van der Waals surface area (Å²) in [5, 5.41) is 1.16. The first-order valence-electron chi connectivity index (χ1n) is 7.54. The van der Waals surface area contributed by atoms with Gasteiger partial charge in [-0.05, 0) is 49.3 Å². The number of rotatable bonds is 3. The highest BCUT2D eigenvalue weighted by Crippen LogP contribution is 2.51. The van der Waals surface area contributed by atoms with E-state index in [1.54, 1.807) is 6.07 Å². The fourth-order valence-electron chi connectivity index (χ4n) is 3.24. The molecule has 1 aliphatic carbocycles. The van der Waals surface area contributed by atoms with E-state index in [2.05, 4.69) is 0 Å². The Morgan fingerprint density at radius 1 is 1.29 bits per heavy atom. The smallest absolute Gasteiger partial charge is 0.226 e. The SMILES string of the molecule is NCC1CCN(C(=O)[C@H]2C[C@H]2c2cccc(Cl)c2Cl)CC1. The summed E-state index contributed by atoms with van der Waals surface area (Å²) in [4.78, 5) is 14.5. The van der Waals surface area contributed by atoms with Crippen molar-refractivity contribution in [1.82, 2.24) is 4.90 Å². The van der Waals surface area contributed by atoms with Crippen molar-refractivity contribution >= 4 is 29.1 Å². The summed E-state index contributed by atoms with van der Waals surface area (Å²) < 4.78 is 0. The molecule has 1 aliphatic heterocycles. The van der Waals surface area contributed by atoms with Gasteiger partial charge in [0.25, 0.3) is 0 Å². The topological polar surface area (TPSA) is 46.3 Å². The highest BCUT2D eigenvalue weighted by atomic mass is 35.5. The molecule has 21 heavy (non-hydrogen) atoms. The average Bonchev–Trinajstić information content (AvgIpc) is 3.30. The van der Waals surface area contributed by atoms with Crippen molar-refractivity contribution in [1.29, 1.82) is 0 Å². The van der Waals surface area contributed by atoms with Crippen LogP contribution in [0.4, 0.5) is 0 Å². The lowest BCUT2D eigenvalue weighted by Crippen LogP contribution is -2.41. The van der Waals surface area contributed by atoms with E-state index in [0.29, 0.717) is 16.0 Å². The Labute approximate surface area is 135 Å². The van der Waals surface area contributed by atoms with Gasteiger partial charge in [0.15, 0.2) is 0 Å². The molecular formula is C16H20Cl2N2O. The molecule has 1 saturated carbocycles. The van der Waals surface area contributed by atoms with Crippen LogP contribution in [0.15, 0.2) is 18.2 Å². The van der Waals surface area contributed by atoms with Gasteiger partial charge in [-0.3, -0.25) is 4.79 Å². The summed E-state index contributed by atoms with van der Waals surface area (Å²) in [6.07, 6.45) is 2.94. The minimum atomic E-state index is 0.0791. The zero-order valence-corrected chi connectivity index (χ0v) is 13.4. The number of hydrogen-bond acceptors (Lipinski definition) is 2. The molecule has 0 spiro atoms. The molecule has 5 heteroatoms. The Morgan fingerprint density at radius 2 is 2.00 bits per heavy atom. The number of carbonyl (C=O) groups is 1. The molecule has 1 aromatic carbocycles. The number of nitrogens with zero attached hydrogens (tertiary/aromatic N) is 1. The summed E-state index contributed by atoms with van der Waals surface area (Å²) in [7, 11) is 0. The first-order chi connectivity index (χ1) is 10.1.